The number of carbonyl (C=O) groups excluding carboxylic acids is 1. The normalized spacial score (nSPS) is 14.8. The van der Waals surface area contributed by atoms with Crippen LogP contribution in [0, 0.1) is 17.2 Å². The van der Waals surface area contributed by atoms with E-state index in [-0.39, 0.29) is 5.91 Å². The monoisotopic (exact) mass is 564 g/mol. The van der Waals surface area contributed by atoms with Crippen molar-refractivity contribution in [3.8, 4) is 6.07 Å². The smallest absolute Gasteiger partial charge is 0.229 e. The number of aromatic nitrogens is 3. The zero-order chi connectivity index (χ0) is 28.2. The first-order valence-corrected chi connectivity index (χ1v) is 14.1. The second-order valence-electron chi connectivity index (χ2n) is 10.4. The second-order valence-corrected chi connectivity index (χ2v) is 10.8. The van der Waals surface area contributed by atoms with Gasteiger partial charge in [-0.1, -0.05) is 23.7 Å². The van der Waals surface area contributed by atoms with Gasteiger partial charge >= 0.3 is 0 Å². The lowest BCUT2D eigenvalue weighted by atomic mass is 9.92. The molecule has 0 radical (unpaired) electrons. The highest BCUT2D eigenvalue weighted by molar-refractivity contribution is 6.32. The molecule has 2 aromatic carbocycles. The molecule has 0 aliphatic carbocycles. The highest BCUT2D eigenvalue weighted by Crippen LogP contribution is 2.31. The van der Waals surface area contributed by atoms with Crippen LogP contribution in [0.1, 0.15) is 36.0 Å². The number of amides is 1. The molecule has 10 heteroatoms. The number of nitrogens with one attached hydrogen (secondary N) is 3. The van der Waals surface area contributed by atoms with Crippen LogP contribution >= 0.6 is 11.6 Å². The molecular formula is C31H29ClN8O. The molecule has 1 saturated heterocycles. The number of hydrogen-bond acceptors (Lipinski definition) is 8. The van der Waals surface area contributed by atoms with E-state index in [2.05, 4.69) is 41.9 Å². The molecule has 0 unspecified atom stereocenters. The molecule has 2 aromatic heterocycles. The molecule has 9 nitrogen and oxygen atoms in total. The number of nitrogens with zero attached hydrogens (tertiary/aromatic N) is 5. The molecule has 3 N–H and O–H groups in total. The summed E-state index contributed by atoms with van der Waals surface area (Å²) >= 11 is 6.38. The van der Waals surface area contributed by atoms with Crippen molar-refractivity contribution in [1.29, 1.82) is 5.26 Å². The minimum atomic E-state index is 0.0112. The summed E-state index contributed by atoms with van der Waals surface area (Å²) in [5.41, 5.74) is 6.14. The van der Waals surface area contributed by atoms with Crippen LogP contribution in [0.25, 0.3) is 0 Å². The van der Waals surface area contributed by atoms with Crippen LogP contribution in [0.5, 0.6) is 0 Å². The summed E-state index contributed by atoms with van der Waals surface area (Å²) in [7, 11) is 0. The van der Waals surface area contributed by atoms with E-state index in [0.717, 1.165) is 66.2 Å². The zero-order valence-electron chi connectivity index (χ0n) is 22.4. The van der Waals surface area contributed by atoms with Gasteiger partial charge in [-0.2, -0.15) is 10.2 Å². The highest BCUT2D eigenvalue weighted by Gasteiger charge is 2.23. The Morgan fingerprint density at radius 1 is 1.05 bits per heavy atom. The number of benzene rings is 2. The fraction of sp³-hybridized carbons (Fsp3) is 0.258. The molecule has 6 rings (SSSR count). The third-order valence-corrected chi connectivity index (χ3v) is 7.85. The van der Waals surface area contributed by atoms with Gasteiger partial charge in [0.25, 0.3) is 0 Å². The number of nitriles is 1. The standard InChI is InChI=1S/C31H29ClN8O/c32-26-19-35-31-37-25-13-21(17-34-18-25)5-6-22-15-24(36-30(26)39-31)7-8-27(22)38-29(41)14-20-9-11-40(12-10-20)28-4-2-1-3-23(28)16-33/h1-4,7-8,13,15,17-20H,5-6,9-12,14H2,(H,38,41)(H2,35,36,37,39). The van der Waals surface area contributed by atoms with E-state index < -0.39 is 0 Å². The summed E-state index contributed by atoms with van der Waals surface area (Å²) in [4.78, 5) is 28.6. The van der Waals surface area contributed by atoms with Crippen molar-refractivity contribution in [2.75, 3.05) is 33.9 Å². The number of para-hydroxylation sites is 1. The predicted molar refractivity (Wildman–Crippen MR) is 161 cm³/mol. The first-order valence-electron chi connectivity index (χ1n) is 13.7. The number of fused-ring (bicyclic) bond motifs is 6. The number of carbonyl (C=O) groups is 1. The topological polar surface area (TPSA) is 119 Å². The maximum Gasteiger partial charge on any atom is 0.229 e. The maximum atomic E-state index is 13.2. The van der Waals surface area contributed by atoms with Crippen molar-refractivity contribution in [3.05, 3.63) is 88.8 Å². The predicted octanol–water partition coefficient (Wildman–Crippen LogP) is 6.23. The molecule has 0 spiro atoms. The summed E-state index contributed by atoms with van der Waals surface area (Å²) in [5, 5.41) is 19.5. The van der Waals surface area contributed by atoms with E-state index in [1.165, 1.54) is 0 Å². The van der Waals surface area contributed by atoms with Gasteiger partial charge in [0.1, 0.15) is 11.1 Å². The van der Waals surface area contributed by atoms with Gasteiger partial charge in [-0.15, -0.1) is 0 Å². The highest BCUT2D eigenvalue weighted by atomic mass is 35.5. The third kappa shape index (κ3) is 6.23. The summed E-state index contributed by atoms with van der Waals surface area (Å²) < 4.78 is 0. The van der Waals surface area contributed by atoms with Crippen LogP contribution in [0.4, 0.5) is 34.5 Å². The molecule has 6 bridgehead atoms. The van der Waals surface area contributed by atoms with Crippen molar-refractivity contribution < 1.29 is 4.79 Å². The lowest BCUT2D eigenvalue weighted by Crippen LogP contribution is -2.35. The van der Waals surface area contributed by atoms with Crippen LogP contribution in [-0.2, 0) is 17.6 Å². The average molecular weight is 565 g/mol. The van der Waals surface area contributed by atoms with E-state index in [0.29, 0.717) is 41.1 Å². The molecule has 41 heavy (non-hydrogen) atoms. The van der Waals surface area contributed by atoms with Crippen LogP contribution in [0.3, 0.4) is 0 Å². The Bertz CT molecular complexity index is 1630. The van der Waals surface area contributed by atoms with Gasteiger partial charge in [0, 0.05) is 37.1 Å². The molecule has 0 atom stereocenters. The van der Waals surface area contributed by atoms with E-state index >= 15 is 0 Å². The van der Waals surface area contributed by atoms with Crippen molar-refractivity contribution >= 4 is 52.0 Å². The third-order valence-electron chi connectivity index (χ3n) is 7.57. The number of hydrogen-bond donors (Lipinski definition) is 3. The van der Waals surface area contributed by atoms with Crippen molar-refractivity contribution in [2.24, 2.45) is 5.92 Å². The molecule has 0 saturated carbocycles. The number of anilines is 6. The van der Waals surface area contributed by atoms with Crippen molar-refractivity contribution in [3.63, 3.8) is 0 Å². The molecule has 1 amide bonds. The van der Waals surface area contributed by atoms with Gasteiger partial charge in [0.05, 0.1) is 29.3 Å². The summed E-state index contributed by atoms with van der Waals surface area (Å²) in [5.74, 6) is 1.21. The summed E-state index contributed by atoms with van der Waals surface area (Å²) in [6, 6.07) is 17.9. The fourth-order valence-electron chi connectivity index (χ4n) is 5.44. The lowest BCUT2D eigenvalue weighted by Gasteiger charge is -2.33. The summed E-state index contributed by atoms with van der Waals surface area (Å²) in [6.45, 7) is 1.66. The van der Waals surface area contributed by atoms with E-state index in [1.807, 2.05) is 54.7 Å². The quantitative estimate of drug-likeness (QED) is 0.267. The molecule has 1 fully saturated rings. The molecule has 4 aromatic rings. The Kier molecular flexibility index (Phi) is 7.65. The Labute approximate surface area is 243 Å². The minimum Gasteiger partial charge on any atom is -0.370 e. The number of pyridine rings is 1. The largest absolute Gasteiger partial charge is 0.370 e. The zero-order valence-corrected chi connectivity index (χ0v) is 23.2. The number of piperidine rings is 1. The van der Waals surface area contributed by atoms with Gasteiger partial charge < -0.3 is 20.9 Å². The Hall–Kier alpha value is -4.68. The van der Waals surface area contributed by atoms with Crippen molar-refractivity contribution in [1.82, 2.24) is 15.0 Å². The van der Waals surface area contributed by atoms with Crippen LogP contribution in [0.2, 0.25) is 5.02 Å². The molecule has 2 aliphatic rings. The molecule has 206 valence electrons. The van der Waals surface area contributed by atoms with Gasteiger partial charge in [0.15, 0.2) is 5.82 Å². The second kappa shape index (κ2) is 11.8. The Morgan fingerprint density at radius 3 is 2.76 bits per heavy atom. The van der Waals surface area contributed by atoms with Crippen LogP contribution in [-0.4, -0.2) is 33.9 Å². The number of halogens is 1. The van der Waals surface area contributed by atoms with Gasteiger partial charge in [-0.25, -0.2) is 4.98 Å². The van der Waals surface area contributed by atoms with Gasteiger partial charge in [0.2, 0.25) is 11.9 Å². The number of rotatable bonds is 4. The fourth-order valence-corrected chi connectivity index (χ4v) is 5.58. The molecular weight excluding hydrogens is 536 g/mol. The van der Waals surface area contributed by atoms with Gasteiger partial charge in [-0.05, 0) is 79.1 Å². The number of aryl methyl sites for hydroxylation is 2. The van der Waals surface area contributed by atoms with Crippen molar-refractivity contribution in [2.45, 2.75) is 32.1 Å². The van der Waals surface area contributed by atoms with E-state index in [9.17, 15) is 10.1 Å². The van der Waals surface area contributed by atoms with E-state index in [4.69, 9.17) is 11.6 Å². The minimum absolute atomic E-state index is 0.0112. The first kappa shape index (κ1) is 26.5. The van der Waals surface area contributed by atoms with E-state index in [1.54, 1.807) is 12.4 Å². The lowest BCUT2D eigenvalue weighted by molar-refractivity contribution is -0.117. The first-order chi connectivity index (χ1) is 20.0. The Balaban J connectivity index is 1.16. The maximum absolute atomic E-state index is 13.2. The Morgan fingerprint density at radius 2 is 1.90 bits per heavy atom. The SMILES string of the molecule is N#Cc1ccccc1N1CCC(CC(=O)Nc2ccc3cc2CCc2cncc(c2)Nc2ncc(Cl)c(n2)N3)CC1. The van der Waals surface area contributed by atoms with Gasteiger partial charge in [-0.3, -0.25) is 9.78 Å². The summed E-state index contributed by atoms with van der Waals surface area (Å²) in [6.07, 6.45) is 8.86. The molecule has 4 heterocycles. The van der Waals surface area contributed by atoms with Crippen LogP contribution < -0.4 is 20.9 Å². The average Bonchev–Trinajstić information content (AvgIpc) is 2.99. The van der Waals surface area contributed by atoms with Crippen LogP contribution in [0.15, 0.2) is 67.1 Å². The molecule has 2 aliphatic heterocycles.